The van der Waals surface area contributed by atoms with Gasteiger partial charge in [-0.1, -0.05) is 13.0 Å². The lowest BCUT2D eigenvalue weighted by Crippen LogP contribution is -2.15. The average molecular weight is 378 g/mol. The first kappa shape index (κ1) is 17.5. The summed E-state index contributed by atoms with van der Waals surface area (Å²) < 4.78 is 20.4. The van der Waals surface area contributed by atoms with Crippen molar-refractivity contribution < 1.29 is 13.9 Å². The van der Waals surface area contributed by atoms with Crippen molar-refractivity contribution in [2.24, 2.45) is 0 Å². The van der Waals surface area contributed by atoms with Crippen molar-refractivity contribution in [2.75, 3.05) is 5.32 Å². The van der Waals surface area contributed by atoms with Gasteiger partial charge in [-0.3, -0.25) is 9.78 Å². The van der Waals surface area contributed by atoms with Gasteiger partial charge in [0.2, 0.25) is 0 Å². The third-order valence-corrected chi connectivity index (χ3v) is 3.92. The molecule has 4 rings (SSSR count). The Labute approximate surface area is 159 Å². The molecular formula is C19H15FN6O2. The van der Waals surface area contributed by atoms with Crippen molar-refractivity contribution in [3.8, 4) is 11.5 Å². The number of carbonyl (C=O) groups is 1. The number of carbonyl (C=O) groups excluding carboxylic acids is 1. The maximum absolute atomic E-state index is 13.3. The number of hydrogen-bond donors (Lipinski definition) is 1. The first-order valence-electron chi connectivity index (χ1n) is 8.51. The fourth-order valence-corrected chi connectivity index (χ4v) is 2.64. The smallest absolute Gasteiger partial charge is 0.260 e. The third kappa shape index (κ3) is 3.63. The number of aromatic nitrogens is 5. The van der Waals surface area contributed by atoms with Gasteiger partial charge >= 0.3 is 0 Å². The molecule has 0 aliphatic heterocycles. The summed E-state index contributed by atoms with van der Waals surface area (Å²) in [5.41, 5.74) is 1.46. The summed E-state index contributed by atoms with van der Waals surface area (Å²) in [7, 11) is 0. The SMILES string of the molecule is CCc1cccc(NC(=O)c2cc(Oc3cncc(F)c3)cn3ncnc23)n1. The number of rotatable bonds is 5. The van der Waals surface area contributed by atoms with Crippen LogP contribution in [-0.4, -0.2) is 30.5 Å². The average Bonchev–Trinajstić information content (AvgIpc) is 3.16. The lowest BCUT2D eigenvalue weighted by atomic mass is 10.2. The van der Waals surface area contributed by atoms with E-state index in [1.807, 2.05) is 19.1 Å². The van der Waals surface area contributed by atoms with E-state index in [0.717, 1.165) is 18.3 Å². The number of pyridine rings is 3. The summed E-state index contributed by atoms with van der Waals surface area (Å²) in [6.07, 6.45) is 6.07. The minimum absolute atomic E-state index is 0.197. The Balaban J connectivity index is 1.67. The maximum atomic E-state index is 13.3. The number of amides is 1. The zero-order valence-corrected chi connectivity index (χ0v) is 14.8. The number of fused-ring (bicyclic) bond motifs is 1. The van der Waals surface area contributed by atoms with Crippen molar-refractivity contribution in [2.45, 2.75) is 13.3 Å². The predicted molar refractivity (Wildman–Crippen MR) is 98.8 cm³/mol. The van der Waals surface area contributed by atoms with Gasteiger partial charge in [-0.25, -0.2) is 18.9 Å². The van der Waals surface area contributed by atoms with Gasteiger partial charge in [0.25, 0.3) is 5.91 Å². The summed E-state index contributed by atoms with van der Waals surface area (Å²) >= 11 is 0. The molecule has 1 amide bonds. The monoisotopic (exact) mass is 378 g/mol. The summed E-state index contributed by atoms with van der Waals surface area (Å²) in [6, 6.07) is 8.11. The summed E-state index contributed by atoms with van der Waals surface area (Å²) in [4.78, 5) is 25.1. The maximum Gasteiger partial charge on any atom is 0.260 e. The normalized spacial score (nSPS) is 10.8. The molecule has 0 bridgehead atoms. The molecule has 140 valence electrons. The fraction of sp³-hybridized carbons (Fsp3) is 0.105. The first-order chi connectivity index (χ1) is 13.6. The van der Waals surface area contributed by atoms with E-state index in [9.17, 15) is 9.18 Å². The minimum atomic E-state index is -0.529. The van der Waals surface area contributed by atoms with Crippen LogP contribution in [-0.2, 0) is 6.42 Å². The van der Waals surface area contributed by atoms with E-state index in [-0.39, 0.29) is 17.1 Å². The highest BCUT2D eigenvalue weighted by atomic mass is 19.1. The highest BCUT2D eigenvalue weighted by Gasteiger charge is 2.16. The molecule has 1 N–H and O–H groups in total. The molecule has 4 aromatic heterocycles. The molecular weight excluding hydrogens is 363 g/mol. The van der Waals surface area contributed by atoms with Gasteiger partial charge in [-0.05, 0) is 24.6 Å². The van der Waals surface area contributed by atoms with Crippen LogP contribution in [0.2, 0.25) is 0 Å². The molecule has 9 heteroatoms. The Hall–Kier alpha value is -3.88. The van der Waals surface area contributed by atoms with Crippen molar-refractivity contribution in [3.05, 3.63) is 72.3 Å². The third-order valence-electron chi connectivity index (χ3n) is 3.92. The Morgan fingerprint density at radius 3 is 2.96 bits per heavy atom. The molecule has 0 saturated heterocycles. The van der Waals surface area contributed by atoms with Crippen LogP contribution >= 0.6 is 0 Å². The van der Waals surface area contributed by atoms with Crippen LogP contribution in [0.3, 0.4) is 0 Å². The number of nitrogens with one attached hydrogen (secondary N) is 1. The largest absolute Gasteiger partial charge is 0.454 e. The summed E-state index contributed by atoms with van der Waals surface area (Å²) in [5.74, 6) is -0.0302. The van der Waals surface area contributed by atoms with Crippen LogP contribution in [0, 0.1) is 5.82 Å². The number of halogens is 1. The van der Waals surface area contributed by atoms with Crippen molar-refractivity contribution >= 4 is 17.4 Å². The molecule has 28 heavy (non-hydrogen) atoms. The van der Waals surface area contributed by atoms with Crippen LogP contribution in [0.1, 0.15) is 23.0 Å². The van der Waals surface area contributed by atoms with Crippen LogP contribution < -0.4 is 10.1 Å². The molecule has 4 aromatic rings. The Morgan fingerprint density at radius 1 is 1.25 bits per heavy atom. The van der Waals surface area contributed by atoms with Gasteiger partial charge in [0.15, 0.2) is 5.65 Å². The van der Waals surface area contributed by atoms with Crippen molar-refractivity contribution in [1.82, 2.24) is 24.6 Å². The molecule has 0 atom stereocenters. The van der Waals surface area contributed by atoms with E-state index >= 15 is 0 Å². The van der Waals surface area contributed by atoms with Gasteiger partial charge in [-0.15, -0.1) is 0 Å². The van der Waals surface area contributed by atoms with E-state index in [1.165, 1.54) is 29.2 Å². The number of anilines is 1. The van der Waals surface area contributed by atoms with Crippen LogP contribution in [0.5, 0.6) is 11.5 Å². The van der Waals surface area contributed by atoms with Gasteiger partial charge in [0.05, 0.1) is 24.2 Å². The quantitative estimate of drug-likeness (QED) is 0.573. The number of nitrogens with zero attached hydrogens (tertiary/aromatic N) is 5. The molecule has 0 saturated carbocycles. The topological polar surface area (TPSA) is 94.3 Å². The van der Waals surface area contributed by atoms with Crippen LogP contribution in [0.15, 0.2) is 55.2 Å². The lowest BCUT2D eigenvalue weighted by molar-refractivity contribution is 0.102. The molecule has 8 nitrogen and oxygen atoms in total. The number of aryl methyl sites for hydroxylation is 1. The molecule has 0 spiro atoms. The van der Waals surface area contributed by atoms with E-state index < -0.39 is 11.7 Å². The molecule has 0 aliphatic rings. The summed E-state index contributed by atoms with van der Waals surface area (Å²) in [5, 5.41) is 6.81. The standard InChI is InChI=1S/C19H15FN6O2/c1-2-13-4-3-5-17(24-13)25-19(27)16-7-15(10-26-18(16)22-11-23-26)28-14-6-12(20)8-21-9-14/h3-11H,2H2,1H3,(H,24,25,27). The Kier molecular flexibility index (Phi) is 4.63. The Bertz CT molecular complexity index is 1160. The molecule has 0 aromatic carbocycles. The van der Waals surface area contributed by atoms with Crippen LogP contribution in [0.25, 0.3) is 5.65 Å². The van der Waals surface area contributed by atoms with Gasteiger partial charge in [0.1, 0.15) is 29.5 Å². The minimum Gasteiger partial charge on any atom is -0.454 e. The molecule has 0 fully saturated rings. The highest BCUT2D eigenvalue weighted by Crippen LogP contribution is 2.24. The van der Waals surface area contributed by atoms with Gasteiger partial charge in [0, 0.05) is 11.8 Å². The van der Waals surface area contributed by atoms with Gasteiger partial charge in [-0.2, -0.15) is 5.10 Å². The summed E-state index contributed by atoms with van der Waals surface area (Å²) in [6.45, 7) is 1.98. The lowest BCUT2D eigenvalue weighted by Gasteiger charge is -2.10. The van der Waals surface area contributed by atoms with E-state index in [4.69, 9.17) is 4.74 Å². The number of ether oxygens (including phenoxy) is 1. The zero-order valence-electron chi connectivity index (χ0n) is 14.8. The predicted octanol–water partition coefficient (Wildman–Crippen LogP) is 3.27. The van der Waals surface area contributed by atoms with Crippen molar-refractivity contribution in [1.29, 1.82) is 0 Å². The molecule has 4 heterocycles. The van der Waals surface area contributed by atoms with E-state index in [0.29, 0.717) is 11.5 Å². The molecule has 0 aliphatic carbocycles. The van der Waals surface area contributed by atoms with Gasteiger partial charge < -0.3 is 10.1 Å². The Morgan fingerprint density at radius 2 is 2.14 bits per heavy atom. The zero-order chi connectivity index (χ0) is 19.5. The fourth-order valence-electron chi connectivity index (χ4n) is 2.64. The molecule has 0 radical (unpaired) electrons. The van der Waals surface area contributed by atoms with Crippen molar-refractivity contribution in [3.63, 3.8) is 0 Å². The second-order valence-corrected chi connectivity index (χ2v) is 5.88. The first-order valence-corrected chi connectivity index (χ1v) is 8.51. The second-order valence-electron chi connectivity index (χ2n) is 5.88. The van der Waals surface area contributed by atoms with E-state index in [2.05, 4.69) is 25.4 Å². The second kappa shape index (κ2) is 7.39. The number of hydrogen-bond acceptors (Lipinski definition) is 6. The molecule has 0 unspecified atom stereocenters. The van der Waals surface area contributed by atoms with Crippen LogP contribution in [0.4, 0.5) is 10.2 Å². The highest BCUT2D eigenvalue weighted by molar-refractivity contribution is 6.08. The van der Waals surface area contributed by atoms with E-state index in [1.54, 1.807) is 12.3 Å².